The molecule has 1 aliphatic heterocycles. The zero-order chi connectivity index (χ0) is 10.9. The van der Waals surface area contributed by atoms with Crippen molar-refractivity contribution >= 4 is 10.2 Å². The number of hydrogen-bond donors (Lipinski definition) is 1. The predicted molar refractivity (Wildman–Crippen MR) is 56.0 cm³/mol. The van der Waals surface area contributed by atoms with Gasteiger partial charge in [0.15, 0.2) is 0 Å². The SMILES string of the molecule is CCN(C(C)C)S(=O)(=O)N1CC(N)C1. The second-order valence-electron chi connectivity index (χ2n) is 3.88. The van der Waals surface area contributed by atoms with Crippen LogP contribution in [0.2, 0.25) is 0 Å². The summed E-state index contributed by atoms with van der Waals surface area (Å²) in [7, 11) is -3.26. The van der Waals surface area contributed by atoms with Crippen LogP contribution in [-0.2, 0) is 10.2 Å². The molecule has 5 nitrogen and oxygen atoms in total. The molecule has 84 valence electrons. The van der Waals surface area contributed by atoms with Gasteiger partial charge in [-0.15, -0.1) is 0 Å². The minimum Gasteiger partial charge on any atom is -0.325 e. The molecule has 2 N–H and O–H groups in total. The maximum absolute atomic E-state index is 11.9. The van der Waals surface area contributed by atoms with E-state index < -0.39 is 10.2 Å². The van der Waals surface area contributed by atoms with Crippen LogP contribution in [-0.4, -0.2) is 48.7 Å². The Morgan fingerprint density at radius 3 is 2.29 bits per heavy atom. The van der Waals surface area contributed by atoms with Crippen LogP contribution in [0.4, 0.5) is 0 Å². The summed E-state index contributed by atoms with van der Waals surface area (Å²) in [5.41, 5.74) is 5.56. The molecule has 6 heteroatoms. The molecule has 0 aromatic rings. The molecule has 1 heterocycles. The van der Waals surface area contributed by atoms with Crippen molar-refractivity contribution in [2.24, 2.45) is 5.73 Å². The smallest absolute Gasteiger partial charge is 0.282 e. The largest absolute Gasteiger partial charge is 0.325 e. The fraction of sp³-hybridized carbons (Fsp3) is 1.00. The first-order valence-corrected chi connectivity index (χ1v) is 6.31. The molecule has 1 rings (SSSR count). The van der Waals surface area contributed by atoms with Crippen LogP contribution in [0.1, 0.15) is 20.8 Å². The van der Waals surface area contributed by atoms with Gasteiger partial charge in [0, 0.05) is 31.7 Å². The lowest BCUT2D eigenvalue weighted by molar-refractivity contribution is 0.232. The minimum atomic E-state index is -3.26. The summed E-state index contributed by atoms with van der Waals surface area (Å²) < 4.78 is 26.8. The monoisotopic (exact) mass is 221 g/mol. The van der Waals surface area contributed by atoms with Crippen molar-refractivity contribution in [3.63, 3.8) is 0 Å². The molecule has 0 atom stereocenters. The molecule has 0 aromatic heterocycles. The van der Waals surface area contributed by atoms with Crippen molar-refractivity contribution in [1.82, 2.24) is 8.61 Å². The number of nitrogens with two attached hydrogens (primary N) is 1. The van der Waals surface area contributed by atoms with Crippen molar-refractivity contribution in [3.8, 4) is 0 Å². The maximum atomic E-state index is 11.9. The summed E-state index contributed by atoms with van der Waals surface area (Å²) in [6.45, 7) is 7.00. The van der Waals surface area contributed by atoms with Gasteiger partial charge in [-0.3, -0.25) is 0 Å². The van der Waals surface area contributed by atoms with Crippen LogP contribution >= 0.6 is 0 Å². The lowest BCUT2D eigenvalue weighted by Gasteiger charge is -2.39. The van der Waals surface area contributed by atoms with Crippen LogP contribution in [0.5, 0.6) is 0 Å². The zero-order valence-electron chi connectivity index (χ0n) is 8.97. The molecule has 0 saturated carbocycles. The maximum Gasteiger partial charge on any atom is 0.282 e. The normalized spacial score (nSPS) is 20.4. The molecule has 0 unspecified atom stereocenters. The van der Waals surface area contributed by atoms with Crippen molar-refractivity contribution in [2.75, 3.05) is 19.6 Å². The third-order valence-corrected chi connectivity index (χ3v) is 4.61. The van der Waals surface area contributed by atoms with E-state index in [2.05, 4.69) is 0 Å². The Morgan fingerprint density at radius 2 is 2.00 bits per heavy atom. The average Bonchev–Trinajstić information content (AvgIpc) is 1.98. The molecule has 0 amide bonds. The molecular weight excluding hydrogens is 202 g/mol. The summed E-state index contributed by atoms with van der Waals surface area (Å²) in [5, 5.41) is 0. The van der Waals surface area contributed by atoms with Crippen LogP contribution < -0.4 is 5.73 Å². The summed E-state index contributed by atoms with van der Waals surface area (Å²) in [4.78, 5) is 0. The van der Waals surface area contributed by atoms with E-state index in [-0.39, 0.29) is 12.1 Å². The lowest BCUT2D eigenvalue weighted by Crippen LogP contribution is -2.61. The Hall–Kier alpha value is -0.170. The van der Waals surface area contributed by atoms with E-state index in [0.29, 0.717) is 19.6 Å². The van der Waals surface area contributed by atoms with Crippen molar-refractivity contribution < 1.29 is 8.42 Å². The van der Waals surface area contributed by atoms with Gasteiger partial charge in [-0.2, -0.15) is 17.0 Å². The first kappa shape index (κ1) is 11.9. The molecule has 0 aliphatic carbocycles. The zero-order valence-corrected chi connectivity index (χ0v) is 9.79. The van der Waals surface area contributed by atoms with Crippen LogP contribution in [0.15, 0.2) is 0 Å². The van der Waals surface area contributed by atoms with Gasteiger partial charge < -0.3 is 5.73 Å². The van der Waals surface area contributed by atoms with Gasteiger partial charge in [0.05, 0.1) is 0 Å². The van der Waals surface area contributed by atoms with Gasteiger partial charge in [-0.1, -0.05) is 6.92 Å². The summed E-state index contributed by atoms with van der Waals surface area (Å²) in [6, 6.07) is 0.0115. The van der Waals surface area contributed by atoms with Crippen molar-refractivity contribution in [3.05, 3.63) is 0 Å². The Morgan fingerprint density at radius 1 is 1.50 bits per heavy atom. The van der Waals surface area contributed by atoms with E-state index in [1.165, 1.54) is 8.61 Å². The Bertz CT molecular complexity index is 283. The molecule has 0 radical (unpaired) electrons. The van der Waals surface area contributed by atoms with Gasteiger partial charge in [0.1, 0.15) is 0 Å². The molecule has 1 aliphatic rings. The third-order valence-electron chi connectivity index (χ3n) is 2.39. The van der Waals surface area contributed by atoms with Crippen molar-refractivity contribution in [1.29, 1.82) is 0 Å². The lowest BCUT2D eigenvalue weighted by atomic mass is 10.2. The van der Waals surface area contributed by atoms with Gasteiger partial charge in [-0.05, 0) is 13.8 Å². The van der Waals surface area contributed by atoms with E-state index in [1.54, 1.807) is 0 Å². The van der Waals surface area contributed by atoms with Gasteiger partial charge in [0.2, 0.25) is 0 Å². The third kappa shape index (κ3) is 2.08. The number of rotatable bonds is 4. The molecule has 1 saturated heterocycles. The summed E-state index contributed by atoms with van der Waals surface area (Å²) in [5.74, 6) is 0. The van der Waals surface area contributed by atoms with E-state index in [0.717, 1.165) is 0 Å². The number of nitrogens with zero attached hydrogens (tertiary/aromatic N) is 2. The standard InChI is InChI=1S/C8H19N3O2S/c1-4-11(7(2)3)14(12,13)10-5-8(9)6-10/h7-8H,4-6,9H2,1-3H3. The van der Waals surface area contributed by atoms with E-state index in [4.69, 9.17) is 5.73 Å². The first-order valence-electron chi connectivity index (χ1n) is 4.92. The van der Waals surface area contributed by atoms with Gasteiger partial charge in [-0.25, -0.2) is 0 Å². The predicted octanol–water partition coefficient (Wildman–Crippen LogP) is -0.396. The van der Waals surface area contributed by atoms with E-state index >= 15 is 0 Å². The second kappa shape index (κ2) is 4.14. The van der Waals surface area contributed by atoms with Gasteiger partial charge >= 0.3 is 0 Å². The molecule has 0 aromatic carbocycles. The highest BCUT2D eigenvalue weighted by Crippen LogP contribution is 2.17. The van der Waals surface area contributed by atoms with Gasteiger partial charge in [0.25, 0.3) is 10.2 Å². The molecule has 1 fully saturated rings. The Balaban J connectivity index is 2.73. The molecular formula is C8H19N3O2S. The van der Waals surface area contributed by atoms with Crippen LogP contribution in [0, 0.1) is 0 Å². The van der Waals surface area contributed by atoms with E-state index in [9.17, 15) is 8.42 Å². The minimum absolute atomic E-state index is 0.00169. The quantitative estimate of drug-likeness (QED) is 0.702. The summed E-state index contributed by atoms with van der Waals surface area (Å²) in [6.07, 6.45) is 0. The Labute approximate surface area is 86.0 Å². The topological polar surface area (TPSA) is 66.6 Å². The highest BCUT2D eigenvalue weighted by atomic mass is 32.2. The highest BCUT2D eigenvalue weighted by Gasteiger charge is 2.37. The van der Waals surface area contributed by atoms with Crippen molar-refractivity contribution in [2.45, 2.75) is 32.9 Å². The Kier molecular flexibility index (Phi) is 3.52. The van der Waals surface area contributed by atoms with Crippen LogP contribution in [0.25, 0.3) is 0 Å². The molecule has 14 heavy (non-hydrogen) atoms. The second-order valence-corrected chi connectivity index (χ2v) is 5.76. The fourth-order valence-electron chi connectivity index (χ4n) is 1.60. The highest BCUT2D eigenvalue weighted by molar-refractivity contribution is 7.86. The summed E-state index contributed by atoms with van der Waals surface area (Å²) >= 11 is 0. The van der Waals surface area contributed by atoms with Crippen LogP contribution in [0.3, 0.4) is 0 Å². The number of hydrogen-bond acceptors (Lipinski definition) is 3. The van der Waals surface area contributed by atoms with E-state index in [1.807, 2.05) is 20.8 Å². The average molecular weight is 221 g/mol. The molecule has 0 spiro atoms. The molecule has 0 bridgehead atoms. The first-order chi connectivity index (χ1) is 6.39. The fourth-order valence-corrected chi connectivity index (χ4v) is 3.52.